The van der Waals surface area contributed by atoms with Crippen molar-refractivity contribution in [2.24, 2.45) is 25.8 Å². The number of anilines is 1. The van der Waals surface area contributed by atoms with Crippen molar-refractivity contribution < 1.29 is 33.7 Å². The van der Waals surface area contributed by atoms with Crippen LogP contribution in [0.3, 0.4) is 0 Å². The summed E-state index contributed by atoms with van der Waals surface area (Å²) in [6.07, 6.45) is 0. The van der Waals surface area contributed by atoms with E-state index >= 15 is 0 Å². The monoisotopic (exact) mass is 496 g/mol. The van der Waals surface area contributed by atoms with Crippen LogP contribution in [0.1, 0.15) is 27.7 Å². The van der Waals surface area contributed by atoms with E-state index in [4.69, 9.17) is 21.3 Å². The number of rotatable bonds is 3. The van der Waals surface area contributed by atoms with Crippen molar-refractivity contribution in [2.45, 2.75) is 32.6 Å². The maximum absolute atomic E-state index is 10.7. The van der Waals surface area contributed by atoms with Crippen LogP contribution in [0, 0.1) is 10.4 Å². The summed E-state index contributed by atoms with van der Waals surface area (Å²) in [6.45, 7) is 5.94. The molecule has 29 heavy (non-hydrogen) atoms. The van der Waals surface area contributed by atoms with Crippen LogP contribution in [-0.4, -0.2) is 41.7 Å². The van der Waals surface area contributed by atoms with E-state index in [0.717, 1.165) is 0 Å². The van der Waals surface area contributed by atoms with E-state index in [2.05, 4.69) is 45.6 Å². The zero-order valence-corrected chi connectivity index (χ0v) is 18.5. The van der Waals surface area contributed by atoms with E-state index in [1.807, 2.05) is 0 Å². The van der Waals surface area contributed by atoms with Crippen molar-refractivity contribution in [3.63, 3.8) is 0 Å². The van der Waals surface area contributed by atoms with Gasteiger partial charge in [0.15, 0.2) is 0 Å². The number of nitrogens with zero attached hydrogens (tertiary/aromatic N) is 4. The van der Waals surface area contributed by atoms with Crippen molar-refractivity contribution in [1.82, 2.24) is 0 Å². The standard InChI is InChI=1S/C6H8N2O2S.2C4H8N2O2.ClH.Co/c7-5-1-3-6(4-2-5)11(8,9)10;2*1-3(5-7)4(2)6-8;;/h1-4H,7H2,(H2,8,9,10);2*7-8H,1-2H3;1H;/q;;;;+3/p-3/b;2*5-3+,6-4+;;. The Hall–Kier alpha value is -2.39. The molecule has 0 atom stereocenters. The summed E-state index contributed by atoms with van der Waals surface area (Å²) in [5, 5.41) is 50.7. The Morgan fingerprint density at radius 1 is 0.897 bits per heavy atom. The van der Waals surface area contributed by atoms with Crippen molar-refractivity contribution >= 4 is 48.7 Å². The van der Waals surface area contributed by atoms with Crippen LogP contribution < -0.4 is 10.9 Å². The zero-order valence-electron chi connectivity index (χ0n) is 15.9. The van der Waals surface area contributed by atoms with Crippen LogP contribution in [0.5, 0.6) is 0 Å². The summed E-state index contributed by atoms with van der Waals surface area (Å²) >= 11 is 3.03. The number of halogens is 1. The summed E-state index contributed by atoms with van der Waals surface area (Å²) in [4.78, 5) is 0.0756. The molecule has 1 aromatic carbocycles. The molecule has 166 valence electrons. The van der Waals surface area contributed by atoms with Gasteiger partial charge in [0.1, 0.15) is 0 Å². The Morgan fingerprint density at radius 3 is 1.38 bits per heavy atom. The topological polar surface area (TPSA) is 222 Å². The second-order valence-corrected chi connectivity index (χ2v) is 6.40. The zero-order chi connectivity index (χ0) is 23.6. The fourth-order valence-corrected chi connectivity index (χ4v) is 1.45. The molecule has 0 aromatic heterocycles. The molecule has 1 rings (SSSR count). The molecule has 0 aliphatic heterocycles. The molecule has 0 saturated carbocycles. The first-order chi connectivity index (χ1) is 13.4. The first kappa shape index (κ1) is 31.3. The van der Waals surface area contributed by atoms with Gasteiger partial charge in [-0.1, -0.05) is 10.3 Å². The van der Waals surface area contributed by atoms with E-state index in [0.29, 0.717) is 5.69 Å². The third-order valence-electron chi connectivity index (χ3n) is 2.83. The number of hydrogen-bond acceptors (Lipinski definition) is 11. The Bertz CT molecular complexity index is 748. The van der Waals surface area contributed by atoms with E-state index in [9.17, 15) is 18.8 Å². The van der Waals surface area contributed by atoms with E-state index in [1.54, 1.807) is 0 Å². The number of nitrogen functional groups attached to an aromatic ring is 1. The molecule has 15 heteroatoms. The van der Waals surface area contributed by atoms with Gasteiger partial charge in [-0.05, 0) is 52.0 Å². The van der Waals surface area contributed by atoms with Gasteiger partial charge in [0.25, 0.3) is 0 Å². The summed E-state index contributed by atoms with van der Waals surface area (Å²) in [7, 11) is 0.751. The SMILES string of the molecule is CC(=N\[O-])/C(C)=N/O.CC(=N\[O-])/C(C)=N/O.Nc1ccc(S(N)(=O)=O)cc1.[Cl][Co+2]. The number of primary sulfonamides is 1. The van der Waals surface area contributed by atoms with Crippen molar-refractivity contribution in [3.8, 4) is 0 Å². The Kier molecular flexibility index (Phi) is 19.1. The molecular weight excluding hydrogens is 475 g/mol. The van der Waals surface area contributed by atoms with Gasteiger partial charge in [-0.15, -0.1) is 0 Å². The summed E-state index contributed by atoms with van der Waals surface area (Å²) < 4.78 is 21.4. The van der Waals surface area contributed by atoms with Gasteiger partial charge in [0, 0.05) is 5.69 Å². The van der Waals surface area contributed by atoms with Crippen LogP contribution in [-0.2, 0) is 24.9 Å². The van der Waals surface area contributed by atoms with Crippen molar-refractivity contribution in [1.29, 1.82) is 0 Å². The minimum absolute atomic E-state index is 0.0756. The second-order valence-electron chi connectivity index (χ2n) is 4.84. The molecule has 0 unspecified atom stereocenters. The van der Waals surface area contributed by atoms with Crippen LogP contribution in [0.2, 0.25) is 0 Å². The van der Waals surface area contributed by atoms with Gasteiger partial charge in [-0.2, -0.15) is 0 Å². The van der Waals surface area contributed by atoms with Gasteiger partial charge in [0.2, 0.25) is 10.0 Å². The molecule has 0 saturated heterocycles. The Labute approximate surface area is 181 Å². The van der Waals surface area contributed by atoms with Crippen LogP contribution >= 0.6 is 10.1 Å². The average Bonchev–Trinajstić information content (AvgIpc) is 2.73. The molecule has 0 aliphatic rings. The number of oxime groups is 2. The Balaban J connectivity index is -0.000000342. The molecule has 0 spiro atoms. The Morgan fingerprint density at radius 2 is 1.21 bits per heavy atom. The first-order valence-corrected chi connectivity index (χ1v) is 10.1. The van der Waals surface area contributed by atoms with Crippen LogP contribution in [0.15, 0.2) is 49.8 Å². The van der Waals surface area contributed by atoms with E-state index in [1.165, 1.54) is 52.0 Å². The molecular formula is C14H22ClCoN6O6S. The molecule has 0 bridgehead atoms. The normalized spacial score (nSPS) is 12.4. The van der Waals surface area contributed by atoms with Gasteiger partial charge in [-0.3, -0.25) is 0 Å². The predicted molar refractivity (Wildman–Crippen MR) is 111 cm³/mol. The number of hydrogen-bond donors (Lipinski definition) is 4. The number of benzene rings is 1. The third kappa shape index (κ3) is 16.3. The van der Waals surface area contributed by atoms with Gasteiger partial charge < -0.3 is 36.9 Å². The van der Waals surface area contributed by atoms with E-state index < -0.39 is 10.0 Å². The molecule has 0 amide bonds. The van der Waals surface area contributed by atoms with Gasteiger partial charge in [-0.25, -0.2) is 13.6 Å². The number of sulfonamides is 1. The quantitative estimate of drug-likeness (QED) is 0.211. The van der Waals surface area contributed by atoms with Crippen molar-refractivity contribution in [3.05, 3.63) is 34.7 Å². The molecule has 0 heterocycles. The van der Waals surface area contributed by atoms with Gasteiger partial charge in [0.05, 0.1) is 27.7 Å². The molecule has 1 aromatic rings. The second kappa shape index (κ2) is 17.7. The molecule has 12 nitrogen and oxygen atoms in total. The van der Waals surface area contributed by atoms with Crippen LogP contribution in [0.25, 0.3) is 0 Å². The predicted octanol–water partition coefficient (Wildman–Crippen LogP) is 2.19. The third-order valence-corrected chi connectivity index (χ3v) is 3.76. The molecule has 0 radical (unpaired) electrons. The van der Waals surface area contributed by atoms with Gasteiger partial charge >= 0.3 is 25.0 Å². The maximum atomic E-state index is 10.7. The fraction of sp³-hybridized carbons (Fsp3) is 0.286. The summed E-state index contributed by atoms with van der Waals surface area (Å²) in [5.74, 6) is 0. The van der Waals surface area contributed by atoms with E-state index in [-0.39, 0.29) is 27.7 Å². The fourth-order valence-electron chi connectivity index (χ4n) is 0.934. The van der Waals surface area contributed by atoms with Crippen molar-refractivity contribution in [2.75, 3.05) is 5.73 Å². The molecule has 0 aliphatic carbocycles. The number of nitrogens with two attached hydrogens (primary N) is 2. The van der Waals surface area contributed by atoms with Crippen LogP contribution in [0.4, 0.5) is 5.69 Å². The summed E-state index contributed by atoms with van der Waals surface area (Å²) in [6, 6.07) is 5.70. The minimum atomic E-state index is -3.58. The average molecular weight is 497 g/mol. The molecule has 0 fully saturated rings. The first-order valence-electron chi connectivity index (χ1n) is 7.17. The summed E-state index contributed by atoms with van der Waals surface area (Å²) in [5.41, 5.74) is 6.75. The molecule has 6 N–H and O–H groups in total.